The topological polar surface area (TPSA) is 50.9 Å². The Balaban J connectivity index is 1.31. The molecule has 4 nitrogen and oxygen atoms in total. The van der Waals surface area contributed by atoms with E-state index >= 15 is 0 Å². The van der Waals surface area contributed by atoms with Gasteiger partial charge in [0.1, 0.15) is 11.6 Å². The second-order valence-corrected chi connectivity index (χ2v) is 20.6. The maximum Gasteiger partial charge on any atom is 0.149 e. The van der Waals surface area contributed by atoms with Gasteiger partial charge in [0.25, 0.3) is 0 Å². The lowest BCUT2D eigenvalue weighted by atomic mass is 9.81. The Morgan fingerprint density at radius 2 is 1.09 bits per heavy atom. The van der Waals surface area contributed by atoms with Crippen LogP contribution in [-0.4, -0.2) is 19.6 Å². The average molecular weight is 864 g/mol. The summed E-state index contributed by atoms with van der Waals surface area (Å²) in [5.41, 5.74) is 18.6. The first-order chi connectivity index (χ1) is 31.5. The highest BCUT2D eigenvalue weighted by Gasteiger charge is 2.27. The molecule has 4 heteroatoms. The van der Waals surface area contributed by atoms with Gasteiger partial charge in [0.05, 0.1) is 28.0 Å². The quantitative estimate of drug-likeness (QED) is 0.157. The fourth-order valence-corrected chi connectivity index (χ4v) is 9.00. The predicted molar refractivity (Wildman–Crippen MR) is 279 cm³/mol. The van der Waals surface area contributed by atoms with Crippen molar-refractivity contribution in [3.05, 3.63) is 192 Å². The fourth-order valence-electron chi connectivity index (χ4n) is 9.00. The first-order valence-electron chi connectivity index (χ1n) is 23.3. The van der Waals surface area contributed by atoms with E-state index in [4.69, 9.17) is 9.97 Å². The maximum absolute atomic E-state index is 12.1. The van der Waals surface area contributed by atoms with Crippen LogP contribution in [0.1, 0.15) is 91.0 Å². The molecular formula is C62H61N3O. The molecule has 0 radical (unpaired) electrons. The van der Waals surface area contributed by atoms with E-state index in [2.05, 4.69) is 231 Å². The molecule has 9 aromatic rings. The van der Waals surface area contributed by atoms with Crippen LogP contribution in [-0.2, 0) is 16.2 Å². The SMILES string of the molecule is CCC(C)(C)c1ccc(-n2c(-c3cc(C(C)(C)C)cc(C)c3O)nc3c(-c4cc(-c5ccccc5)cc(-c5cc(-c6ccc(C(C)(C)C)cc6)ccn5)c4)cccc32)c(-c2ccccc2)c1. The maximum atomic E-state index is 12.1. The molecule has 2 heterocycles. The Hall–Kier alpha value is -7.04. The van der Waals surface area contributed by atoms with Gasteiger partial charge in [-0.15, -0.1) is 0 Å². The summed E-state index contributed by atoms with van der Waals surface area (Å²) in [7, 11) is 0. The number of benzene rings is 7. The summed E-state index contributed by atoms with van der Waals surface area (Å²) < 4.78 is 2.28. The number of nitrogens with zero attached hydrogens (tertiary/aromatic N) is 3. The molecule has 0 aliphatic carbocycles. The van der Waals surface area contributed by atoms with Crippen molar-refractivity contribution in [1.82, 2.24) is 14.5 Å². The van der Waals surface area contributed by atoms with Gasteiger partial charge >= 0.3 is 0 Å². The van der Waals surface area contributed by atoms with E-state index < -0.39 is 0 Å². The summed E-state index contributed by atoms with van der Waals surface area (Å²) in [5, 5.41) is 12.1. The smallest absolute Gasteiger partial charge is 0.149 e. The number of phenols is 1. The zero-order chi connectivity index (χ0) is 46.5. The number of hydrogen-bond acceptors (Lipinski definition) is 3. The standard InChI is InChI=1S/C62H61N3O/c1-11-62(9,10)49-29-30-55(52(38-49)43-21-16-13-17-22-43)65-56-24-18-23-51(57(56)64-59(65)53-39-50(61(6,7)8)33-40(2)58(53)66)46-34-45(41-19-14-12-15-20-41)35-47(36-46)54-37-44(31-32-63-54)42-25-27-48(28-26-42)60(3,4)5/h12-39,66H,11H2,1-10H3. The summed E-state index contributed by atoms with van der Waals surface area (Å²) in [4.78, 5) is 10.6. The lowest BCUT2D eigenvalue weighted by molar-refractivity contribution is 0.471. The third-order valence-corrected chi connectivity index (χ3v) is 13.6. The van der Waals surface area contributed by atoms with Crippen LogP contribution in [0.15, 0.2) is 170 Å². The molecule has 0 fully saturated rings. The Morgan fingerprint density at radius 1 is 0.485 bits per heavy atom. The van der Waals surface area contributed by atoms with E-state index in [1.807, 2.05) is 13.1 Å². The van der Waals surface area contributed by atoms with Crippen molar-refractivity contribution in [3.63, 3.8) is 0 Å². The van der Waals surface area contributed by atoms with Crippen molar-refractivity contribution in [2.24, 2.45) is 0 Å². The van der Waals surface area contributed by atoms with Crippen molar-refractivity contribution in [1.29, 1.82) is 0 Å². The van der Waals surface area contributed by atoms with Crippen LogP contribution in [0, 0.1) is 6.92 Å². The molecule has 330 valence electrons. The van der Waals surface area contributed by atoms with Crippen molar-refractivity contribution in [2.45, 2.75) is 91.9 Å². The Kier molecular flexibility index (Phi) is 11.4. The van der Waals surface area contributed by atoms with Crippen LogP contribution in [0.2, 0.25) is 0 Å². The molecule has 0 aliphatic heterocycles. The number of imidazole rings is 1. The van der Waals surface area contributed by atoms with Crippen molar-refractivity contribution >= 4 is 11.0 Å². The molecule has 2 aromatic heterocycles. The molecule has 1 N–H and O–H groups in total. The molecule has 0 spiro atoms. The number of para-hydroxylation sites is 1. The Bertz CT molecular complexity index is 3220. The van der Waals surface area contributed by atoms with Crippen LogP contribution in [0.3, 0.4) is 0 Å². The first-order valence-corrected chi connectivity index (χ1v) is 23.3. The van der Waals surface area contributed by atoms with E-state index in [0.29, 0.717) is 11.4 Å². The monoisotopic (exact) mass is 863 g/mol. The largest absolute Gasteiger partial charge is 0.507 e. The molecule has 7 aromatic carbocycles. The van der Waals surface area contributed by atoms with E-state index in [0.717, 1.165) is 90.0 Å². The second-order valence-electron chi connectivity index (χ2n) is 20.6. The third-order valence-electron chi connectivity index (χ3n) is 13.6. The van der Waals surface area contributed by atoms with Gasteiger partial charge in [-0.2, -0.15) is 0 Å². The van der Waals surface area contributed by atoms with Gasteiger partial charge in [-0.25, -0.2) is 4.98 Å². The number of rotatable bonds is 9. The minimum Gasteiger partial charge on any atom is -0.507 e. The summed E-state index contributed by atoms with van der Waals surface area (Å²) in [6.07, 6.45) is 2.92. The third kappa shape index (κ3) is 8.49. The summed E-state index contributed by atoms with van der Waals surface area (Å²) in [6.45, 7) is 22.3. The van der Waals surface area contributed by atoms with E-state index in [1.54, 1.807) is 0 Å². The van der Waals surface area contributed by atoms with Gasteiger partial charge in [-0.05, 0) is 140 Å². The molecule has 0 bridgehead atoms. The number of aryl methyl sites for hydroxylation is 1. The summed E-state index contributed by atoms with van der Waals surface area (Å²) in [5.74, 6) is 0.925. The molecule has 0 atom stereocenters. The van der Waals surface area contributed by atoms with Crippen molar-refractivity contribution in [2.75, 3.05) is 0 Å². The molecule has 0 aliphatic rings. The lowest BCUT2D eigenvalue weighted by Crippen LogP contribution is -2.16. The first kappa shape index (κ1) is 44.2. The predicted octanol–water partition coefficient (Wildman–Crippen LogP) is 16.7. The highest BCUT2D eigenvalue weighted by molar-refractivity contribution is 5.98. The number of hydrogen-bond donors (Lipinski definition) is 1. The second kappa shape index (κ2) is 17.1. The minimum absolute atomic E-state index is 0.0295. The van der Waals surface area contributed by atoms with Crippen molar-refractivity contribution < 1.29 is 5.11 Å². The summed E-state index contributed by atoms with van der Waals surface area (Å²) >= 11 is 0. The van der Waals surface area contributed by atoms with Gasteiger partial charge in [-0.1, -0.05) is 172 Å². The number of pyridine rings is 1. The zero-order valence-electron chi connectivity index (χ0n) is 40.2. The van der Waals surface area contributed by atoms with E-state index in [-0.39, 0.29) is 22.0 Å². The average Bonchev–Trinajstić information content (AvgIpc) is 3.71. The number of aromatic hydroxyl groups is 1. The number of aromatic nitrogens is 3. The minimum atomic E-state index is -0.159. The number of phenolic OH excluding ortho intramolecular Hbond substituents is 1. The zero-order valence-corrected chi connectivity index (χ0v) is 40.2. The van der Waals surface area contributed by atoms with Gasteiger partial charge in [0.2, 0.25) is 0 Å². The van der Waals surface area contributed by atoms with Gasteiger partial charge in [-0.3, -0.25) is 9.55 Å². The van der Waals surface area contributed by atoms with E-state index in [1.165, 1.54) is 11.1 Å². The lowest BCUT2D eigenvalue weighted by Gasteiger charge is -2.26. The van der Waals surface area contributed by atoms with Gasteiger partial charge < -0.3 is 5.11 Å². The van der Waals surface area contributed by atoms with Crippen LogP contribution in [0.5, 0.6) is 5.75 Å². The van der Waals surface area contributed by atoms with Crippen LogP contribution in [0.4, 0.5) is 0 Å². The molecule has 0 amide bonds. The highest BCUT2D eigenvalue weighted by Crippen LogP contribution is 2.44. The molecule has 0 saturated carbocycles. The van der Waals surface area contributed by atoms with Gasteiger partial charge in [0, 0.05) is 22.9 Å². The summed E-state index contributed by atoms with van der Waals surface area (Å²) in [6, 6.07) is 58.9. The van der Waals surface area contributed by atoms with Crippen LogP contribution < -0.4 is 0 Å². The fraction of sp³-hybridized carbons (Fsp3) is 0.226. The molecule has 0 saturated heterocycles. The highest BCUT2D eigenvalue weighted by atomic mass is 16.3. The molecule has 66 heavy (non-hydrogen) atoms. The molecule has 0 unspecified atom stereocenters. The van der Waals surface area contributed by atoms with Crippen LogP contribution >= 0.6 is 0 Å². The van der Waals surface area contributed by atoms with Crippen LogP contribution in [0.25, 0.3) is 83.9 Å². The number of fused-ring (bicyclic) bond motifs is 1. The molecule has 9 rings (SSSR count). The van der Waals surface area contributed by atoms with E-state index in [9.17, 15) is 5.11 Å². The Labute approximate surface area is 391 Å². The van der Waals surface area contributed by atoms with Crippen molar-refractivity contribution in [3.8, 4) is 78.6 Å². The molecular weight excluding hydrogens is 803 g/mol. The Morgan fingerprint density at radius 3 is 1.76 bits per heavy atom. The van der Waals surface area contributed by atoms with Gasteiger partial charge in [0.15, 0.2) is 0 Å². The normalized spacial score (nSPS) is 12.2.